The van der Waals surface area contributed by atoms with Crippen LogP contribution in [0.4, 0.5) is 0 Å². The molecule has 2 aliphatic rings. The average molecular weight is 335 g/mol. The molecule has 0 unspecified atom stereocenters. The van der Waals surface area contributed by atoms with Crippen LogP contribution in [0.1, 0.15) is 37.8 Å². The van der Waals surface area contributed by atoms with Crippen molar-refractivity contribution >= 4 is 21.5 Å². The number of hydrogen-bond acceptors (Lipinski definition) is 1. The zero-order chi connectivity index (χ0) is 14.5. The maximum Gasteiger partial charge on any atom is 0.0623 e. The van der Waals surface area contributed by atoms with Gasteiger partial charge >= 0.3 is 0 Å². The molecule has 4 atom stereocenters. The molecule has 0 amide bonds. The average Bonchev–Trinajstić information content (AvgIpc) is 2.63. The van der Waals surface area contributed by atoms with Crippen LogP contribution in [0, 0.1) is 17.3 Å². The number of ether oxygens (including phenoxy) is 1. The first kappa shape index (κ1) is 14.3. The van der Waals surface area contributed by atoms with Crippen LogP contribution >= 0.6 is 15.9 Å². The number of rotatable bonds is 1. The van der Waals surface area contributed by atoms with Gasteiger partial charge in [-0.25, -0.2) is 0 Å². The van der Waals surface area contributed by atoms with Gasteiger partial charge in [-0.15, -0.1) is 0 Å². The fraction of sp³-hybridized carbons (Fsp3) is 0.556. The smallest absolute Gasteiger partial charge is 0.0623 e. The van der Waals surface area contributed by atoms with Gasteiger partial charge in [0.1, 0.15) is 0 Å². The zero-order valence-electron chi connectivity index (χ0n) is 12.6. The Labute approximate surface area is 130 Å². The lowest BCUT2D eigenvalue weighted by Crippen LogP contribution is -2.41. The molecule has 108 valence electrons. The van der Waals surface area contributed by atoms with E-state index >= 15 is 0 Å². The molecule has 2 heteroatoms. The first-order valence-electron chi connectivity index (χ1n) is 7.48. The molecule has 1 nitrogen and oxygen atoms in total. The van der Waals surface area contributed by atoms with Crippen molar-refractivity contribution in [3.8, 4) is 0 Å². The molecule has 1 spiro atoms. The van der Waals surface area contributed by atoms with Crippen LogP contribution in [-0.4, -0.2) is 13.2 Å². The largest absolute Gasteiger partial charge is 0.381 e. The van der Waals surface area contributed by atoms with E-state index in [1.54, 1.807) is 0 Å². The van der Waals surface area contributed by atoms with E-state index in [9.17, 15) is 0 Å². The van der Waals surface area contributed by atoms with Crippen molar-refractivity contribution in [2.45, 2.75) is 39.2 Å². The van der Waals surface area contributed by atoms with Crippen LogP contribution in [0.2, 0.25) is 0 Å². The van der Waals surface area contributed by atoms with E-state index in [1.165, 1.54) is 29.5 Å². The van der Waals surface area contributed by atoms with Gasteiger partial charge in [0.15, 0.2) is 0 Å². The predicted molar refractivity (Wildman–Crippen MR) is 87.7 cm³/mol. The SMILES string of the molecule is C=C1c2cc(Br)ccc2C[C@@]12C[C@@H](C)[C@H](OC)[C@@H](C)C2. The minimum absolute atomic E-state index is 0.261. The second-order valence-electron chi connectivity index (χ2n) is 6.80. The molecule has 0 N–H and O–H groups in total. The summed E-state index contributed by atoms with van der Waals surface area (Å²) in [5.41, 5.74) is 4.45. The summed E-state index contributed by atoms with van der Waals surface area (Å²) in [5, 5.41) is 0. The van der Waals surface area contributed by atoms with Gasteiger partial charge in [0.2, 0.25) is 0 Å². The summed E-state index contributed by atoms with van der Waals surface area (Å²) in [5.74, 6) is 1.19. The van der Waals surface area contributed by atoms with Crippen molar-refractivity contribution in [1.29, 1.82) is 0 Å². The molecule has 1 saturated carbocycles. The number of fused-ring (bicyclic) bond motifs is 1. The second kappa shape index (κ2) is 4.99. The van der Waals surface area contributed by atoms with Crippen molar-refractivity contribution in [2.75, 3.05) is 7.11 Å². The Kier molecular flexibility index (Phi) is 3.58. The molecular weight excluding hydrogens is 312 g/mol. The Hall–Kier alpha value is -0.600. The molecule has 0 saturated heterocycles. The van der Waals surface area contributed by atoms with Gasteiger partial charge in [0, 0.05) is 17.0 Å². The molecule has 1 aromatic carbocycles. The molecule has 2 aliphatic carbocycles. The van der Waals surface area contributed by atoms with E-state index in [0.717, 1.165) is 10.9 Å². The van der Waals surface area contributed by atoms with E-state index in [4.69, 9.17) is 4.74 Å². The summed E-state index contributed by atoms with van der Waals surface area (Å²) < 4.78 is 6.87. The minimum atomic E-state index is 0.261. The first-order valence-corrected chi connectivity index (χ1v) is 8.27. The van der Waals surface area contributed by atoms with Crippen molar-refractivity contribution < 1.29 is 4.74 Å². The molecule has 1 aromatic rings. The van der Waals surface area contributed by atoms with Crippen LogP contribution in [-0.2, 0) is 11.2 Å². The number of halogens is 1. The van der Waals surface area contributed by atoms with Gasteiger partial charge in [0.05, 0.1) is 6.10 Å². The minimum Gasteiger partial charge on any atom is -0.381 e. The van der Waals surface area contributed by atoms with E-state index in [1.807, 2.05) is 7.11 Å². The highest BCUT2D eigenvalue weighted by Crippen LogP contribution is 2.57. The topological polar surface area (TPSA) is 9.23 Å². The number of hydrogen-bond donors (Lipinski definition) is 0. The van der Waals surface area contributed by atoms with Gasteiger partial charge in [-0.3, -0.25) is 0 Å². The standard InChI is InChI=1S/C18H23BrO/c1-11-8-18(9-12(2)17(11)20-4)10-14-5-6-15(19)7-16(14)13(18)3/h5-7,11-12,17H,3,8-10H2,1-2,4H3/t11-,12+,17+,18+. The number of allylic oxidation sites excluding steroid dienone is 1. The maximum atomic E-state index is 5.71. The second-order valence-corrected chi connectivity index (χ2v) is 7.72. The monoisotopic (exact) mass is 334 g/mol. The van der Waals surface area contributed by atoms with Gasteiger partial charge < -0.3 is 4.74 Å². The van der Waals surface area contributed by atoms with Crippen molar-refractivity contribution in [1.82, 2.24) is 0 Å². The Morgan fingerprint density at radius 1 is 1.25 bits per heavy atom. The van der Waals surface area contributed by atoms with E-state index in [-0.39, 0.29) is 5.41 Å². The van der Waals surface area contributed by atoms with Crippen molar-refractivity contribution in [3.63, 3.8) is 0 Å². The lowest BCUT2D eigenvalue weighted by atomic mass is 9.62. The summed E-state index contributed by atoms with van der Waals surface area (Å²) in [6.07, 6.45) is 3.94. The normalized spacial score (nSPS) is 36.4. The third kappa shape index (κ3) is 2.08. The third-order valence-electron chi connectivity index (χ3n) is 5.39. The number of methoxy groups -OCH3 is 1. The van der Waals surface area contributed by atoms with Crippen LogP contribution in [0.5, 0.6) is 0 Å². The van der Waals surface area contributed by atoms with Crippen LogP contribution < -0.4 is 0 Å². The zero-order valence-corrected chi connectivity index (χ0v) is 14.2. The van der Waals surface area contributed by atoms with Crippen LogP contribution in [0.15, 0.2) is 29.3 Å². The highest BCUT2D eigenvalue weighted by Gasteiger charge is 2.48. The molecule has 0 bridgehead atoms. The summed E-state index contributed by atoms with van der Waals surface area (Å²) in [7, 11) is 1.85. The third-order valence-corrected chi connectivity index (χ3v) is 5.88. The predicted octanol–water partition coefficient (Wildman–Crippen LogP) is 5.09. The highest BCUT2D eigenvalue weighted by molar-refractivity contribution is 9.10. The molecule has 3 rings (SSSR count). The Bertz CT molecular complexity index is 536. The first-order chi connectivity index (χ1) is 9.47. The molecule has 20 heavy (non-hydrogen) atoms. The maximum absolute atomic E-state index is 5.71. The van der Waals surface area contributed by atoms with Gasteiger partial charge in [-0.1, -0.05) is 42.4 Å². The van der Waals surface area contributed by atoms with Gasteiger partial charge in [-0.2, -0.15) is 0 Å². The molecule has 0 aromatic heterocycles. The van der Waals surface area contributed by atoms with E-state index in [0.29, 0.717) is 17.9 Å². The summed E-state index contributed by atoms with van der Waals surface area (Å²) in [4.78, 5) is 0. The fourth-order valence-electron chi connectivity index (χ4n) is 4.71. The molecular formula is C18H23BrO. The molecule has 0 radical (unpaired) electrons. The van der Waals surface area contributed by atoms with E-state index in [2.05, 4.69) is 54.6 Å². The van der Waals surface area contributed by atoms with Crippen molar-refractivity contribution in [3.05, 3.63) is 40.4 Å². The van der Waals surface area contributed by atoms with Crippen LogP contribution in [0.25, 0.3) is 5.57 Å². The van der Waals surface area contributed by atoms with Gasteiger partial charge in [0.25, 0.3) is 0 Å². The Balaban J connectivity index is 1.95. The van der Waals surface area contributed by atoms with E-state index < -0.39 is 0 Å². The van der Waals surface area contributed by atoms with Crippen molar-refractivity contribution in [2.24, 2.45) is 17.3 Å². The lowest BCUT2D eigenvalue weighted by molar-refractivity contribution is -0.0363. The Morgan fingerprint density at radius 2 is 1.90 bits per heavy atom. The Morgan fingerprint density at radius 3 is 2.50 bits per heavy atom. The van der Waals surface area contributed by atoms with Gasteiger partial charge in [-0.05, 0) is 59.9 Å². The molecule has 1 fully saturated rings. The quantitative estimate of drug-likeness (QED) is 0.695. The fourth-order valence-corrected chi connectivity index (χ4v) is 5.07. The summed E-state index contributed by atoms with van der Waals surface area (Å²) >= 11 is 3.59. The summed E-state index contributed by atoms with van der Waals surface area (Å²) in [6.45, 7) is 9.13. The highest BCUT2D eigenvalue weighted by atomic mass is 79.9. The number of benzene rings is 1. The molecule has 0 heterocycles. The van der Waals surface area contributed by atoms with Crippen LogP contribution in [0.3, 0.4) is 0 Å². The molecule has 0 aliphatic heterocycles. The summed E-state index contributed by atoms with van der Waals surface area (Å²) in [6, 6.07) is 6.65. The lowest BCUT2D eigenvalue weighted by Gasteiger charge is -2.45.